The van der Waals surface area contributed by atoms with Crippen LogP contribution < -0.4 is 10.5 Å². The number of rotatable bonds is 5. The zero-order chi connectivity index (χ0) is 13.7. The second-order valence-corrected chi connectivity index (χ2v) is 6.13. The van der Waals surface area contributed by atoms with E-state index in [4.69, 9.17) is 10.5 Å². The number of likely N-dealkylation sites (tertiary alicyclic amines) is 1. The van der Waals surface area contributed by atoms with Gasteiger partial charge in [-0.25, -0.2) is 0 Å². The Hall–Kier alpha value is -0.290. The van der Waals surface area contributed by atoms with Crippen molar-refractivity contribution in [3.8, 4) is 5.75 Å². The summed E-state index contributed by atoms with van der Waals surface area (Å²) < 4.78 is 6.46. The molecule has 1 fully saturated rings. The van der Waals surface area contributed by atoms with Crippen LogP contribution in [0.2, 0.25) is 0 Å². The highest BCUT2D eigenvalue weighted by molar-refractivity contribution is 9.10. The lowest BCUT2D eigenvalue weighted by molar-refractivity contribution is 0.162. The minimum absolute atomic E-state index is 0. The highest BCUT2D eigenvalue weighted by Gasteiger charge is 2.20. The van der Waals surface area contributed by atoms with Gasteiger partial charge in [-0.1, -0.05) is 15.9 Å². The number of hydrogen-bond acceptors (Lipinski definition) is 3. The number of piperidine rings is 1. The van der Waals surface area contributed by atoms with Gasteiger partial charge < -0.3 is 10.5 Å². The Morgan fingerprint density at radius 2 is 2.25 bits per heavy atom. The fourth-order valence-corrected chi connectivity index (χ4v) is 3.18. The fourth-order valence-electron chi connectivity index (χ4n) is 2.81. The van der Waals surface area contributed by atoms with Gasteiger partial charge in [-0.05, 0) is 62.0 Å². The van der Waals surface area contributed by atoms with Crippen LogP contribution in [0.1, 0.15) is 24.8 Å². The van der Waals surface area contributed by atoms with Crippen LogP contribution in [0.4, 0.5) is 0 Å². The van der Waals surface area contributed by atoms with Gasteiger partial charge in [0.1, 0.15) is 5.75 Å². The zero-order valence-corrected chi connectivity index (χ0v) is 14.4. The Bertz CT molecular complexity index is 415. The van der Waals surface area contributed by atoms with Crippen molar-refractivity contribution in [2.75, 3.05) is 26.7 Å². The number of hydrogen-bond donors (Lipinski definition) is 1. The Kier molecular flexibility index (Phi) is 7.88. The van der Waals surface area contributed by atoms with E-state index < -0.39 is 0 Å². The third kappa shape index (κ3) is 4.92. The number of ether oxygens (including phenoxy) is 1. The standard InChI is InChI=1S/C15H23BrN2O.ClH/c1-19-14-4-5-15(16)13(9-14)11-18-8-2-3-12(10-18)6-7-17;/h4-5,9,12H,2-3,6-8,10-11,17H2,1H3;1H. The van der Waals surface area contributed by atoms with E-state index in [0.717, 1.165) is 35.7 Å². The monoisotopic (exact) mass is 362 g/mol. The van der Waals surface area contributed by atoms with Gasteiger partial charge in [0.15, 0.2) is 0 Å². The van der Waals surface area contributed by atoms with Gasteiger partial charge in [-0.15, -0.1) is 12.4 Å². The van der Waals surface area contributed by atoms with E-state index >= 15 is 0 Å². The first-order valence-corrected chi connectivity index (χ1v) is 7.77. The van der Waals surface area contributed by atoms with Gasteiger partial charge in [0.25, 0.3) is 0 Å². The smallest absolute Gasteiger partial charge is 0.119 e. The van der Waals surface area contributed by atoms with Crippen molar-refractivity contribution >= 4 is 28.3 Å². The van der Waals surface area contributed by atoms with Crippen LogP contribution in [0.25, 0.3) is 0 Å². The molecular weight excluding hydrogens is 340 g/mol. The molecule has 3 nitrogen and oxygen atoms in total. The SMILES string of the molecule is COc1ccc(Br)c(CN2CCCC(CCN)C2)c1.Cl. The zero-order valence-electron chi connectivity index (χ0n) is 12.0. The molecule has 114 valence electrons. The molecule has 2 rings (SSSR count). The third-order valence-corrected chi connectivity index (χ3v) is 4.60. The summed E-state index contributed by atoms with van der Waals surface area (Å²) in [4.78, 5) is 2.53. The summed E-state index contributed by atoms with van der Waals surface area (Å²) in [6, 6.07) is 6.17. The number of methoxy groups -OCH3 is 1. The van der Waals surface area contributed by atoms with Gasteiger partial charge in [0.05, 0.1) is 7.11 Å². The van der Waals surface area contributed by atoms with Crippen LogP contribution in [0, 0.1) is 5.92 Å². The summed E-state index contributed by atoms with van der Waals surface area (Å²) in [6.07, 6.45) is 3.76. The van der Waals surface area contributed by atoms with Crippen molar-refractivity contribution in [2.24, 2.45) is 11.7 Å². The molecule has 0 saturated carbocycles. The summed E-state index contributed by atoms with van der Waals surface area (Å²) in [7, 11) is 1.71. The van der Waals surface area contributed by atoms with Crippen molar-refractivity contribution in [3.05, 3.63) is 28.2 Å². The Balaban J connectivity index is 0.00000200. The van der Waals surface area contributed by atoms with Gasteiger partial charge in [-0.2, -0.15) is 0 Å². The molecule has 0 spiro atoms. The molecule has 1 aliphatic rings. The number of benzene rings is 1. The molecule has 0 aliphatic carbocycles. The first-order valence-electron chi connectivity index (χ1n) is 6.97. The molecule has 0 aromatic heterocycles. The minimum Gasteiger partial charge on any atom is -0.497 e. The molecule has 1 aliphatic heterocycles. The summed E-state index contributed by atoms with van der Waals surface area (Å²) in [5, 5.41) is 0. The molecule has 1 aromatic carbocycles. The Morgan fingerprint density at radius 3 is 2.95 bits per heavy atom. The predicted molar refractivity (Wildman–Crippen MR) is 89.6 cm³/mol. The lowest BCUT2D eigenvalue weighted by Gasteiger charge is -2.32. The fraction of sp³-hybridized carbons (Fsp3) is 0.600. The van der Waals surface area contributed by atoms with E-state index in [1.165, 1.54) is 31.5 Å². The van der Waals surface area contributed by atoms with Crippen LogP contribution in [-0.4, -0.2) is 31.6 Å². The van der Waals surface area contributed by atoms with E-state index in [1.54, 1.807) is 7.11 Å². The lowest BCUT2D eigenvalue weighted by Crippen LogP contribution is -2.35. The highest BCUT2D eigenvalue weighted by Crippen LogP contribution is 2.26. The molecule has 1 saturated heterocycles. The van der Waals surface area contributed by atoms with Crippen molar-refractivity contribution in [3.63, 3.8) is 0 Å². The van der Waals surface area contributed by atoms with Crippen molar-refractivity contribution in [1.82, 2.24) is 4.90 Å². The number of nitrogens with two attached hydrogens (primary N) is 1. The van der Waals surface area contributed by atoms with Crippen LogP contribution >= 0.6 is 28.3 Å². The summed E-state index contributed by atoms with van der Waals surface area (Å²) in [5.74, 6) is 1.69. The van der Waals surface area contributed by atoms with Crippen molar-refractivity contribution < 1.29 is 4.74 Å². The molecule has 0 radical (unpaired) electrons. The van der Waals surface area contributed by atoms with Crippen LogP contribution in [-0.2, 0) is 6.54 Å². The highest BCUT2D eigenvalue weighted by atomic mass is 79.9. The largest absolute Gasteiger partial charge is 0.497 e. The minimum atomic E-state index is 0. The summed E-state index contributed by atoms with van der Waals surface area (Å²) in [6.45, 7) is 4.14. The first-order chi connectivity index (χ1) is 9.22. The van der Waals surface area contributed by atoms with Gasteiger partial charge in [-0.3, -0.25) is 4.90 Å². The molecule has 1 aromatic rings. The molecule has 5 heteroatoms. The number of halogens is 2. The second kappa shape index (κ2) is 8.88. The first kappa shape index (κ1) is 17.8. The van der Waals surface area contributed by atoms with E-state index in [9.17, 15) is 0 Å². The lowest BCUT2D eigenvalue weighted by atomic mass is 9.94. The van der Waals surface area contributed by atoms with Gasteiger partial charge in [0, 0.05) is 17.6 Å². The van der Waals surface area contributed by atoms with E-state index in [-0.39, 0.29) is 12.4 Å². The third-order valence-electron chi connectivity index (χ3n) is 3.82. The second-order valence-electron chi connectivity index (χ2n) is 5.28. The van der Waals surface area contributed by atoms with Crippen LogP contribution in [0.15, 0.2) is 22.7 Å². The maximum absolute atomic E-state index is 5.68. The quantitative estimate of drug-likeness (QED) is 0.871. The molecule has 20 heavy (non-hydrogen) atoms. The van der Waals surface area contributed by atoms with Crippen molar-refractivity contribution in [2.45, 2.75) is 25.8 Å². The molecule has 1 heterocycles. The van der Waals surface area contributed by atoms with Crippen LogP contribution in [0.3, 0.4) is 0 Å². The average Bonchev–Trinajstić information content (AvgIpc) is 2.42. The topological polar surface area (TPSA) is 38.5 Å². The normalized spacial score (nSPS) is 19.4. The molecule has 2 N–H and O–H groups in total. The molecule has 0 bridgehead atoms. The van der Waals surface area contributed by atoms with E-state index in [0.29, 0.717) is 0 Å². The van der Waals surface area contributed by atoms with Gasteiger partial charge >= 0.3 is 0 Å². The Labute approximate surface area is 136 Å². The van der Waals surface area contributed by atoms with E-state index in [2.05, 4.69) is 33.0 Å². The average molecular weight is 364 g/mol. The number of nitrogens with zero attached hydrogens (tertiary/aromatic N) is 1. The Morgan fingerprint density at radius 1 is 1.45 bits per heavy atom. The maximum Gasteiger partial charge on any atom is 0.119 e. The molecule has 1 unspecified atom stereocenters. The summed E-state index contributed by atoms with van der Waals surface area (Å²) in [5.41, 5.74) is 6.98. The molecule has 0 amide bonds. The van der Waals surface area contributed by atoms with E-state index in [1.807, 2.05) is 6.07 Å². The maximum atomic E-state index is 5.68. The van der Waals surface area contributed by atoms with Crippen molar-refractivity contribution in [1.29, 1.82) is 0 Å². The van der Waals surface area contributed by atoms with Gasteiger partial charge in [0.2, 0.25) is 0 Å². The summed E-state index contributed by atoms with van der Waals surface area (Å²) >= 11 is 3.63. The van der Waals surface area contributed by atoms with Crippen LogP contribution in [0.5, 0.6) is 5.75 Å². The molecule has 1 atom stereocenters. The predicted octanol–water partition coefficient (Wildman–Crippen LogP) is 3.44. The molecular formula is C15H24BrClN2O.